The molecule has 3 amide bonds. The molecule has 138 valence electrons. The molecule has 6 heteroatoms. The van der Waals surface area contributed by atoms with E-state index in [9.17, 15) is 14.4 Å². The highest BCUT2D eigenvalue weighted by Gasteiger charge is 2.36. The third-order valence-electron chi connectivity index (χ3n) is 4.53. The number of nitrogens with one attached hydrogen (secondary N) is 1. The van der Waals surface area contributed by atoms with Gasteiger partial charge in [0.25, 0.3) is 17.7 Å². The molecule has 1 N–H and O–H groups in total. The highest BCUT2D eigenvalue weighted by molar-refractivity contribution is 9.10. The van der Waals surface area contributed by atoms with Gasteiger partial charge in [-0.05, 0) is 70.9 Å². The van der Waals surface area contributed by atoms with Crippen molar-refractivity contribution in [3.8, 4) is 0 Å². The lowest BCUT2D eigenvalue weighted by Gasteiger charge is -2.15. The largest absolute Gasteiger partial charge is 0.321 e. The number of hydrogen-bond donors (Lipinski definition) is 1. The molecular formula is C22H15BrN2O3. The molecule has 0 saturated heterocycles. The molecule has 0 saturated carbocycles. The number of hydrogen-bond acceptors (Lipinski definition) is 3. The van der Waals surface area contributed by atoms with Crippen molar-refractivity contribution in [1.29, 1.82) is 0 Å². The first-order valence-corrected chi connectivity index (χ1v) is 9.40. The minimum Gasteiger partial charge on any atom is -0.321 e. The topological polar surface area (TPSA) is 66.5 Å². The Morgan fingerprint density at radius 3 is 2.21 bits per heavy atom. The minimum atomic E-state index is -0.389. The molecule has 0 bridgehead atoms. The second kappa shape index (κ2) is 7.05. The van der Waals surface area contributed by atoms with Crippen molar-refractivity contribution in [2.45, 2.75) is 6.92 Å². The summed E-state index contributed by atoms with van der Waals surface area (Å²) in [5.41, 5.74) is 3.15. The van der Waals surface area contributed by atoms with Crippen LogP contribution in [0.3, 0.4) is 0 Å². The summed E-state index contributed by atoms with van der Waals surface area (Å²) in [5.74, 6) is -1.11. The number of imide groups is 1. The molecule has 0 atom stereocenters. The second-order valence-electron chi connectivity index (χ2n) is 6.48. The van der Waals surface area contributed by atoms with Crippen molar-refractivity contribution in [3.63, 3.8) is 0 Å². The highest BCUT2D eigenvalue weighted by atomic mass is 79.9. The van der Waals surface area contributed by atoms with Crippen LogP contribution in [-0.2, 0) is 0 Å². The molecule has 0 fully saturated rings. The van der Waals surface area contributed by atoms with Crippen LogP contribution in [-0.4, -0.2) is 17.7 Å². The molecule has 5 nitrogen and oxygen atoms in total. The summed E-state index contributed by atoms with van der Waals surface area (Å²) in [7, 11) is 0. The predicted octanol–water partition coefficient (Wildman–Crippen LogP) is 4.81. The van der Waals surface area contributed by atoms with Gasteiger partial charge in [-0.25, -0.2) is 4.90 Å². The van der Waals surface area contributed by atoms with Gasteiger partial charge < -0.3 is 5.32 Å². The zero-order valence-electron chi connectivity index (χ0n) is 14.9. The number of halogens is 1. The number of amides is 3. The van der Waals surface area contributed by atoms with Crippen molar-refractivity contribution >= 4 is 45.0 Å². The molecule has 0 spiro atoms. The van der Waals surface area contributed by atoms with Gasteiger partial charge in [0.05, 0.1) is 22.5 Å². The average molecular weight is 435 g/mol. The summed E-state index contributed by atoms with van der Waals surface area (Å²) in [6, 6.07) is 18.8. The third-order valence-corrected chi connectivity index (χ3v) is 5.19. The number of nitrogens with zero attached hydrogens (tertiary/aromatic N) is 1. The normalized spacial score (nSPS) is 12.9. The number of anilines is 2. The van der Waals surface area contributed by atoms with E-state index < -0.39 is 0 Å². The standard InChI is InChI=1S/C22H15BrN2O3/c1-13-9-10-19(18(23)11-13)24-20(26)14-5-4-6-15(12-14)25-21(27)16-7-2-3-8-17(16)22(25)28/h2-12H,1H3,(H,24,26). The van der Waals surface area contributed by atoms with Crippen LogP contribution in [0.15, 0.2) is 71.2 Å². The Morgan fingerprint density at radius 1 is 0.893 bits per heavy atom. The molecule has 3 aromatic carbocycles. The molecule has 0 aliphatic carbocycles. The molecule has 1 aliphatic rings. The maximum atomic E-state index is 12.7. The SMILES string of the molecule is Cc1ccc(NC(=O)c2cccc(N3C(=O)c4ccccc4C3=O)c2)c(Br)c1. The molecule has 1 aliphatic heterocycles. The first kappa shape index (κ1) is 18.1. The average Bonchev–Trinajstić information content (AvgIpc) is 2.95. The molecule has 0 unspecified atom stereocenters. The van der Waals surface area contributed by atoms with E-state index in [1.54, 1.807) is 48.5 Å². The van der Waals surface area contributed by atoms with Gasteiger partial charge in [-0.1, -0.05) is 24.3 Å². The van der Waals surface area contributed by atoms with Crippen LogP contribution in [0.2, 0.25) is 0 Å². The summed E-state index contributed by atoms with van der Waals surface area (Å²) in [4.78, 5) is 39.1. The smallest absolute Gasteiger partial charge is 0.266 e. The van der Waals surface area contributed by atoms with Gasteiger partial charge in [-0.3, -0.25) is 14.4 Å². The summed E-state index contributed by atoms with van der Waals surface area (Å²) < 4.78 is 0.775. The Bertz CT molecular complexity index is 1110. The van der Waals surface area contributed by atoms with E-state index in [2.05, 4.69) is 21.2 Å². The Balaban J connectivity index is 1.63. The zero-order chi connectivity index (χ0) is 19.8. The van der Waals surface area contributed by atoms with E-state index in [1.165, 1.54) is 0 Å². The molecule has 1 heterocycles. The Labute approximate surface area is 170 Å². The van der Waals surface area contributed by atoms with Crippen LogP contribution in [0.5, 0.6) is 0 Å². The van der Waals surface area contributed by atoms with E-state index in [-0.39, 0.29) is 17.7 Å². The number of carbonyl (C=O) groups is 3. The van der Waals surface area contributed by atoms with E-state index in [0.29, 0.717) is 28.1 Å². The fraction of sp³-hybridized carbons (Fsp3) is 0.0455. The van der Waals surface area contributed by atoms with E-state index in [4.69, 9.17) is 0 Å². The van der Waals surface area contributed by atoms with Crippen molar-refractivity contribution in [2.75, 3.05) is 10.2 Å². The third kappa shape index (κ3) is 3.12. The van der Waals surface area contributed by atoms with Crippen molar-refractivity contribution < 1.29 is 14.4 Å². The summed E-state index contributed by atoms with van der Waals surface area (Å²) in [6.45, 7) is 1.96. The van der Waals surface area contributed by atoms with Crippen LogP contribution in [0.4, 0.5) is 11.4 Å². The van der Waals surface area contributed by atoms with Gasteiger partial charge in [0.1, 0.15) is 0 Å². The summed E-state index contributed by atoms with van der Waals surface area (Å²) in [5, 5.41) is 2.84. The van der Waals surface area contributed by atoms with Gasteiger partial charge >= 0.3 is 0 Å². The first-order valence-electron chi connectivity index (χ1n) is 8.61. The highest BCUT2D eigenvalue weighted by Crippen LogP contribution is 2.29. The second-order valence-corrected chi connectivity index (χ2v) is 7.33. The lowest BCUT2D eigenvalue weighted by atomic mass is 10.1. The van der Waals surface area contributed by atoms with E-state index in [1.807, 2.05) is 25.1 Å². The Morgan fingerprint density at radius 2 is 1.57 bits per heavy atom. The zero-order valence-corrected chi connectivity index (χ0v) is 16.5. The fourth-order valence-corrected chi connectivity index (χ4v) is 3.72. The number of fused-ring (bicyclic) bond motifs is 1. The van der Waals surface area contributed by atoms with Crippen molar-refractivity contribution in [3.05, 3.63) is 93.5 Å². The molecule has 3 aromatic rings. The van der Waals surface area contributed by atoms with Gasteiger partial charge in [0.15, 0.2) is 0 Å². The number of benzene rings is 3. The number of aryl methyl sites for hydroxylation is 1. The molecule has 0 aromatic heterocycles. The minimum absolute atomic E-state index is 0.331. The Hall–Kier alpha value is -3.25. The van der Waals surface area contributed by atoms with E-state index >= 15 is 0 Å². The Kier molecular flexibility index (Phi) is 4.57. The van der Waals surface area contributed by atoms with Crippen LogP contribution in [0, 0.1) is 6.92 Å². The van der Waals surface area contributed by atoms with Crippen molar-refractivity contribution in [1.82, 2.24) is 0 Å². The van der Waals surface area contributed by atoms with Crippen LogP contribution < -0.4 is 10.2 Å². The van der Waals surface area contributed by atoms with Gasteiger partial charge in [-0.2, -0.15) is 0 Å². The number of rotatable bonds is 3. The maximum Gasteiger partial charge on any atom is 0.266 e. The van der Waals surface area contributed by atoms with Crippen molar-refractivity contribution in [2.24, 2.45) is 0 Å². The van der Waals surface area contributed by atoms with Crippen LogP contribution in [0.25, 0.3) is 0 Å². The van der Waals surface area contributed by atoms with Crippen LogP contribution in [0.1, 0.15) is 36.6 Å². The van der Waals surface area contributed by atoms with Crippen LogP contribution >= 0.6 is 15.9 Å². The lowest BCUT2D eigenvalue weighted by Crippen LogP contribution is -2.29. The van der Waals surface area contributed by atoms with Gasteiger partial charge in [0.2, 0.25) is 0 Å². The lowest BCUT2D eigenvalue weighted by molar-refractivity contribution is 0.0924. The predicted molar refractivity (Wildman–Crippen MR) is 111 cm³/mol. The monoisotopic (exact) mass is 434 g/mol. The summed E-state index contributed by atoms with van der Waals surface area (Å²) in [6.07, 6.45) is 0. The molecule has 0 radical (unpaired) electrons. The first-order chi connectivity index (χ1) is 13.5. The van der Waals surface area contributed by atoms with Gasteiger partial charge in [-0.15, -0.1) is 0 Å². The quantitative estimate of drug-likeness (QED) is 0.601. The summed E-state index contributed by atoms with van der Waals surface area (Å²) >= 11 is 3.44. The molecule has 28 heavy (non-hydrogen) atoms. The molecule has 4 rings (SSSR count). The fourth-order valence-electron chi connectivity index (χ4n) is 3.13. The molecular weight excluding hydrogens is 420 g/mol. The number of carbonyl (C=O) groups excluding carboxylic acids is 3. The van der Waals surface area contributed by atoms with E-state index in [0.717, 1.165) is 14.9 Å². The maximum absolute atomic E-state index is 12.7. The van der Waals surface area contributed by atoms with Gasteiger partial charge in [0, 0.05) is 10.0 Å².